The standard InChI is InChI=1S/C26H26N6O10S2/c1-4-13-10-43-23-17(22(37)32(23)18(13)24(38)39)28-20(35)19(41-9-16(33)34)15-11-44-25(27-15)29-26(40)42-12-31-7-5-6-14(8-31)21(36)30(2)3/h4-8,11,17,19,23H,1,9-10,12H2,2-3H3,(H3-,27,28,29,33,34,35,38,39,40)/p+1/t17-,19?,23-/m1/s1. The second kappa shape index (κ2) is 13.7. The molecule has 2 aromatic heterocycles. The molecule has 16 nitrogen and oxygen atoms in total. The van der Waals surface area contributed by atoms with Crippen molar-refractivity contribution in [1.82, 2.24) is 20.1 Å². The van der Waals surface area contributed by atoms with Gasteiger partial charge in [0.1, 0.15) is 29.3 Å². The number of aromatic nitrogens is 2. The number of carboxylic acids is 2. The van der Waals surface area contributed by atoms with E-state index in [1.807, 2.05) is 0 Å². The second-order valence-electron chi connectivity index (χ2n) is 9.43. The predicted octanol–water partition coefficient (Wildman–Crippen LogP) is 0.406. The zero-order chi connectivity index (χ0) is 32.1. The van der Waals surface area contributed by atoms with Gasteiger partial charge in [-0.2, -0.15) is 4.57 Å². The SMILES string of the molecule is C=CC1=C(C(=O)O)N2C(=O)[C@@H](NC(=O)C(OCC(=O)O)c3csc(NC(=O)OC[n+]4cccc(C(=O)N(C)C)c4)n3)[C@H]2SC1. The van der Waals surface area contributed by atoms with Gasteiger partial charge < -0.3 is 29.9 Å². The number of pyridine rings is 1. The molecule has 2 aliphatic heterocycles. The van der Waals surface area contributed by atoms with Crippen molar-refractivity contribution in [3.8, 4) is 0 Å². The molecule has 1 unspecified atom stereocenters. The molecule has 18 heteroatoms. The monoisotopic (exact) mass is 647 g/mol. The van der Waals surface area contributed by atoms with Gasteiger partial charge in [-0.3, -0.25) is 24.6 Å². The first-order valence-electron chi connectivity index (χ1n) is 12.7. The second-order valence-corrected chi connectivity index (χ2v) is 11.4. The Morgan fingerprint density at radius 1 is 1.30 bits per heavy atom. The molecule has 1 fully saturated rings. The first-order chi connectivity index (χ1) is 20.9. The third-order valence-corrected chi connectivity index (χ3v) is 8.29. The summed E-state index contributed by atoms with van der Waals surface area (Å²) in [6.45, 7) is 2.48. The molecule has 4 rings (SSSR count). The molecular weight excluding hydrogens is 620 g/mol. The van der Waals surface area contributed by atoms with Gasteiger partial charge in [0.05, 0.1) is 5.69 Å². The first kappa shape index (κ1) is 32.1. The third-order valence-electron chi connectivity index (χ3n) is 6.21. The van der Waals surface area contributed by atoms with Crippen LogP contribution in [-0.4, -0.2) is 98.6 Å². The molecule has 232 valence electrons. The first-order valence-corrected chi connectivity index (χ1v) is 14.6. The zero-order valence-electron chi connectivity index (χ0n) is 23.3. The molecule has 2 aliphatic rings. The largest absolute Gasteiger partial charge is 0.480 e. The summed E-state index contributed by atoms with van der Waals surface area (Å²) < 4.78 is 11.9. The highest BCUT2D eigenvalue weighted by molar-refractivity contribution is 8.00. The highest BCUT2D eigenvalue weighted by atomic mass is 32.2. The van der Waals surface area contributed by atoms with Crippen LogP contribution in [-0.2, 0) is 35.4 Å². The Labute approximate surface area is 257 Å². The van der Waals surface area contributed by atoms with E-state index in [1.54, 1.807) is 32.4 Å². The number of rotatable bonds is 12. The molecular formula is C26H27N6O10S2+. The average Bonchev–Trinajstić information content (AvgIpc) is 3.45. The summed E-state index contributed by atoms with van der Waals surface area (Å²) in [6.07, 6.45) is 1.99. The van der Waals surface area contributed by atoms with Crippen molar-refractivity contribution in [2.75, 3.05) is 31.8 Å². The Balaban J connectivity index is 1.40. The van der Waals surface area contributed by atoms with Crippen LogP contribution in [0.1, 0.15) is 22.2 Å². The van der Waals surface area contributed by atoms with E-state index in [0.29, 0.717) is 11.1 Å². The van der Waals surface area contributed by atoms with Crippen LogP contribution < -0.4 is 15.2 Å². The van der Waals surface area contributed by atoms with Crippen LogP contribution in [0, 0.1) is 0 Å². The van der Waals surface area contributed by atoms with Crippen LogP contribution >= 0.6 is 23.1 Å². The fourth-order valence-corrected chi connectivity index (χ4v) is 6.24. The molecule has 0 spiro atoms. The molecule has 4 heterocycles. The number of carboxylic acid groups (broad SMARTS) is 2. The topological polar surface area (TPSA) is 209 Å². The number of allylic oxidation sites excluding steroid dienone is 1. The van der Waals surface area contributed by atoms with Crippen LogP contribution in [0.2, 0.25) is 0 Å². The maximum absolute atomic E-state index is 13.2. The van der Waals surface area contributed by atoms with Crippen LogP contribution in [0.15, 0.2) is 53.8 Å². The van der Waals surface area contributed by atoms with Gasteiger partial charge in [0.25, 0.3) is 24.5 Å². The number of amides is 4. The smallest absolute Gasteiger partial charge is 0.418 e. The molecule has 0 saturated carbocycles. The number of β-lactam (4-membered cyclic amide) rings is 1. The van der Waals surface area contributed by atoms with Crippen molar-refractivity contribution in [3.63, 3.8) is 0 Å². The number of fused-ring (bicyclic) bond motifs is 1. The minimum Gasteiger partial charge on any atom is -0.480 e. The molecule has 4 N–H and O–H groups in total. The van der Waals surface area contributed by atoms with Gasteiger partial charge >= 0.3 is 18.0 Å². The van der Waals surface area contributed by atoms with Crippen molar-refractivity contribution >= 4 is 64.0 Å². The van der Waals surface area contributed by atoms with Crippen molar-refractivity contribution < 1.29 is 53.0 Å². The molecule has 0 aromatic carbocycles. The highest BCUT2D eigenvalue weighted by Crippen LogP contribution is 2.40. The normalized spacial score (nSPS) is 18.0. The average molecular weight is 648 g/mol. The summed E-state index contributed by atoms with van der Waals surface area (Å²) in [5.41, 5.74) is 0.490. The van der Waals surface area contributed by atoms with Crippen molar-refractivity contribution in [1.29, 1.82) is 0 Å². The molecule has 3 atom stereocenters. The number of anilines is 1. The summed E-state index contributed by atoms with van der Waals surface area (Å²) >= 11 is 2.14. The highest BCUT2D eigenvalue weighted by Gasteiger charge is 2.54. The van der Waals surface area contributed by atoms with Crippen LogP contribution in [0.4, 0.5) is 9.93 Å². The van der Waals surface area contributed by atoms with E-state index in [0.717, 1.165) is 16.2 Å². The lowest BCUT2D eigenvalue weighted by molar-refractivity contribution is -0.727. The van der Waals surface area contributed by atoms with Crippen LogP contribution in [0.25, 0.3) is 0 Å². The minimum absolute atomic E-state index is 0.00480. The lowest BCUT2D eigenvalue weighted by Crippen LogP contribution is -2.70. The number of thioether (sulfide) groups is 1. The van der Waals surface area contributed by atoms with Crippen molar-refractivity contribution in [2.45, 2.75) is 24.3 Å². The van der Waals surface area contributed by atoms with Gasteiger partial charge in [0.2, 0.25) is 0 Å². The fourth-order valence-electron chi connectivity index (χ4n) is 4.19. The number of hydrogen-bond acceptors (Lipinski definition) is 11. The minimum atomic E-state index is -1.57. The maximum atomic E-state index is 13.2. The van der Waals surface area contributed by atoms with Crippen LogP contribution in [0.3, 0.4) is 0 Å². The lowest BCUT2D eigenvalue weighted by Gasteiger charge is -2.49. The summed E-state index contributed by atoms with van der Waals surface area (Å²) in [5, 5.41) is 24.2. The van der Waals surface area contributed by atoms with E-state index < -0.39 is 54.0 Å². The molecule has 4 amide bonds. The number of nitrogens with zero attached hydrogens (tertiary/aromatic N) is 4. The third kappa shape index (κ3) is 7.04. The lowest BCUT2D eigenvalue weighted by atomic mass is 10.0. The van der Waals surface area contributed by atoms with Gasteiger partial charge in [-0.1, -0.05) is 12.7 Å². The van der Waals surface area contributed by atoms with Crippen molar-refractivity contribution in [3.05, 3.63) is 65.1 Å². The van der Waals surface area contributed by atoms with E-state index in [9.17, 15) is 33.9 Å². The van der Waals surface area contributed by atoms with Crippen LogP contribution in [0.5, 0.6) is 0 Å². The van der Waals surface area contributed by atoms with E-state index >= 15 is 0 Å². The fraction of sp³-hybridized carbons (Fsp3) is 0.308. The maximum Gasteiger partial charge on any atom is 0.418 e. The summed E-state index contributed by atoms with van der Waals surface area (Å²) in [4.78, 5) is 80.1. The Kier molecular flexibility index (Phi) is 9.97. The van der Waals surface area contributed by atoms with Gasteiger partial charge in [-0.15, -0.1) is 23.1 Å². The quantitative estimate of drug-likeness (QED) is 0.182. The molecule has 1 saturated heterocycles. The van der Waals surface area contributed by atoms with Gasteiger partial charge in [-0.05, 0) is 11.6 Å². The molecule has 2 aromatic rings. The summed E-state index contributed by atoms with van der Waals surface area (Å²) in [6, 6.07) is 2.14. The zero-order valence-corrected chi connectivity index (χ0v) is 24.9. The Morgan fingerprint density at radius 2 is 2.05 bits per heavy atom. The molecule has 0 radical (unpaired) electrons. The van der Waals surface area contributed by atoms with Gasteiger partial charge in [-0.25, -0.2) is 19.4 Å². The Bertz CT molecular complexity index is 1560. The number of carbonyl (C=O) groups is 6. The van der Waals surface area contributed by atoms with E-state index in [-0.39, 0.29) is 34.9 Å². The molecule has 0 bridgehead atoms. The summed E-state index contributed by atoms with van der Waals surface area (Å²) in [5.74, 6) is -4.21. The van der Waals surface area contributed by atoms with Gasteiger partial charge in [0.15, 0.2) is 23.6 Å². The van der Waals surface area contributed by atoms with Crippen molar-refractivity contribution in [2.24, 2.45) is 0 Å². The van der Waals surface area contributed by atoms with E-state index in [2.05, 4.69) is 22.2 Å². The Hall–Kier alpha value is -4.81. The number of aliphatic carboxylic acids is 2. The Morgan fingerprint density at radius 3 is 2.70 bits per heavy atom. The number of carbonyl (C=O) groups excluding carboxylic acids is 4. The van der Waals surface area contributed by atoms with E-state index in [4.69, 9.17) is 14.6 Å². The number of ether oxygens (including phenoxy) is 2. The number of thiazole rings is 1. The van der Waals surface area contributed by atoms with Gasteiger partial charge in [0, 0.05) is 31.3 Å². The number of hydrogen-bond donors (Lipinski definition) is 4. The summed E-state index contributed by atoms with van der Waals surface area (Å²) in [7, 11) is 3.21. The molecule has 44 heavy (non-hydrogen) atoms. The number of nitrogens with one attached hydrogen (secondary N) is 2. The predicted molar refractivity (Wildman–Crippen MR) is 153 cm³/mol. The van der Waals surface area contributed by atoms with E-state index in [1.165, 1.54) is 38.9 Å². The molecule has 0 aliphatic carbocycles.